The number of para-hydroxylation sites is 2. The number of benzene rings is 1. The molecule has 3 unspecified atom stereocenters. The lowest BCUT2D eigenvalue weighted by Gasteiger charge is -2.23. The van der Waals surface area contributed by atoms with Crippen molar-refractivity contribution in [3.8, 4) is 0 Å². The fourth-order valence-electron chi connectivity index (χ4n) is 2.50. The molecule has 0 bridgehead atoms. The first-order valence-corrected chi connectivity index (χ1v) is 6.88. The van der Waals surface area contributed by atoms with Crippen LogP contribution in [0.4, 0.5) is 11.4 Å². The molecule has 1 fully saturated rings. The Morgan fingerprint density at radius 2 is 1.89 bits per heavy atom. The molecule has 1 aromatic rings. The molecule has 4 heteroatoms. The highest BCUT2D eigenvalue weighted by Gasteiger charge is 2.32. The van der Waals surface area contributed by atoms with E-state index in [1.54, 1.807) is 6.07 Å². The summed E-state index contributed by atoms with van der Waals surface area (Å²) in [5.74, 6) is 1.31. The molecule has 3 atom stereocenters. The number of hydrogen-bond acceptors (Lipinski definition) is 3. The fourth-order valence-corrected chi connectivity index (χ4v) is 2.50. The lowest BCUT2D eigenvalue weighted by atomic mass is 10.0. The Bertz CT molecular complexity index is 450. The number of carbonyl (C=O) groups is 1. The van der Waals surface area contributed by atoms with Gasteiger partial charge in [0, 0.05) is 13.1 Å². The quantitative estimate of drug-likeness (QED) is 0.820. The number of nitrogen functional groups attached to an aromatic ring is 1. The number of hydrogen-bond donors (Lipinski definition) is 2. The van der Waals surface area contributed by atoms with Gasteiger partial charge in [-0.1, -0.05) is 26.0 Å². The van der Waals surface area contributed by atoms with Crippen LogP contribution in [-0.2, 0) is 4.79 Å². The maximum atomic E-state index is 12.3. The minimum atomic E-state index is -0.119. The molecule has 1 aliphatic rings. The van der Waals surface area contributed by atoms with Crippen LogP contribution in [0.15, 0.2) is 24.3 Å². The zero-order valence-corrected chi connectivity index (χ0v) is 11.9. The van der Waals surface area contributed by atoms with Crippen LogP contribution in [-0.4, -0.2) is 29.9 Å². The van der Waals surface area contributed by atoms with E-state index in [1.165, 1.54) is 0 Å². The smallest absolute Gasteiger partial charge is 0.241 e. The van der Waals surface area contributed by atoms with E-state index in [9.17, 15) is 4.79 Å². The summed E-state index contributed by atoms with van der Waals surface area (Å²) in [4.78, 5) is 14.5. The third kappa shape index (κ3) is 3.07. The SMILES string of the molecule is CC1CN(C(C)C(=O)Nc2ccccc2N)CC1C. The molecule has 1 aromatic carbocycles. The molecule has 0 saturated carbocycles. The molecule has 0 aromatic heterocycles. The van der Waals surface area contributed by atoms with Gasteiger partial charge < -0.3 is 11.1 Å². The summed E-state index contributed by atoms with van der Waals surface area (Å²) in [5, 5.41) is 2.91. The van der Waals surface area contributed by atoms with Gasteiger partial charge in [0.25, 0.3) is 0 Å². The zero-order chi connectivity index (χ0) is 14.0. The van der Waals surface area contributed by atoms with Crippen LogP contribution >= 0.6 is 0 Å². The molecule has 1 heterocycles. The van der Waals surface area contributed by atoms with Crippen molar-refractivity contribution in [1.82, 2.24) is 4.90 Å². The third-order valence-corrected chi connectivity index (χ3v) is 4.16. The predicted molar refractivity (Wildman–Crippen MR) is 78.8 cm³/mol. The van der Waals surface area contributed by atoms with Gasteiger partial charge >= 0.3 is 0 Å². The molecule has 1 amide bonds. The van der Waals surface area contributed by atoms with Crippen molar-refractivity contribution in [2.75, 3.05) is 24.1 Å². The number of rotatable bonds is 3. The molecule has 0 aliphatic carbocycles. The molecule has 3 N–H and O–H groups in total. The van der Waals surface area contributed by atoms with E-state index in [4.69, 9.17) is 5.73 Å². The standard InChI is InChI=1S/C15H23N3O/c1-10-8-18(9-11(10)2)12(3)15(19)17-14-7-5-4-6-13(14)16/h4-7,10-12H,8-9,16H2,1-3H3,(H,17,19). The average molecular weight is 261 g/mol. The van der Waals surface area contributed by atoms with Crippen molar-refractivity contribution in [1.29, 1.82) is 0 Å². The molecule has 1 saturated heterocycles. The molecule has 1 aliphatic heterocycles. The van der Waals surface area contributed by atoms with Gasteiger partial charge in [-0.15, -0.1) is 0 Å². The van der Waals surface area contributed by atoms with Crippen LogP contribution in [0.2, 0.25) is 0 Å². The molecular weight excluding hydrogens is 238 g/mol. The second kappa shape index (κ2) is 5.61. The number of nitrogens with one attached hydrogen (secondary N) is 1. The van der Waals surface area contributed by atoms with Crippen LogP contribution in [0.1, 0.15) is 20.8 Å². The van der Waals surface area contributed by atoms with Crippen LogP contribution in [0.5, 0.6) is 0 Å². The molecule has 0 spiro atoms. The van der Waals surface area contributed by atoms with Crippen LogP contribution in [0.25, 0.3) is 0 Å². The first-order chi connectivity index (χ1) is 8.99. The second-order valence-corrected chi connectivity index (χ2v) is 5.66. The molecule has 4 nitrogen and oxygen atoms in total. The van der Waals surface area contributed by atoms with Crippen molar-refractivity contribution in [3.63, 3.8) is 0 Å². The lowest BCUT2D eigenvalue weighted by Crippen LogP contribution is -2.41. The van der Waals surface area contributed by atoms with Gasteiger partial charge in [-0.05, 0) is 30.9 Å². The fraction of sp³-hybridized carbons (Fsp3) is 0.533. The topological polar surface area (TPSA) is 58.4 Å². The Kier molecular flexibility index (Phi) is 4.10. The Labute approximate surface area is 115 Å². The zero-order valence-electron chi connectivity index (χ0n) is 11.9. The summed E-state index contributed by atoms with van der Waals surface area (Å²) in [6.07, 6.45) is 0. The van der Waals surface area contributed by atoms with E-state index in [0.29, 0.717) is 23.2 Å². The number of anilines is 2. The van der Waals surface area contributed by atoms with E-state index >= 15 is 0 Å². The van der Waals surface area contributed by atoms with Crippen LogP contribution in [0.3, 0.4) is 0 Å². The minimum Gasteiger partial charge on any atom is -0.397 e. The number of amides is 1. The van der Waals surface area contributed by atoms with Gasteiger partial charge in [-0.25, -0.2) is 0 Å². The lowest BCUT2D eigenvalue weighted by molar-refractivity contribution is -0.120. The predicted octanol–water partition coefficient (Wildman–Crippen LogP) is 2.18. The van der Waals surface area contributed by atoms with Gasteiger partial charge in [-0.2, -0.15) is 0 Å². The maximum Gasteiger partial charge on any atom is 0.241 e. The van der Waals surface area contributed by atoms with Gasteiger partial charge in [0.1, 0.15) is 0 Å². The molecule has 2 rings (SSSR count). The average Bonchev–Trinajstić information content (AvgIpc) is 2.71. The highest BCUT2D eigenvalue weighted by Crippen LogP contribution is 2.25. The van der Waals surface area contributed by atoms with Gasteiger partial charge in [0.05, 0.1) is 17.4 Å². The first kappa shape index (κ1) is 13.9. The Morgan fingerprint density at radius 3 is 2.47 bits per heavy atom. The normalized spacial score (nSPS) is 25.2. The number of nitrogens with zero attached hydrogens (tertiary/aromatic N) is 1. The van der Waals surface area contributed by atoms with E-state index in [2.05, 4.69) is 24.1 Å². The first-order valence-electron chi connectivity index (χ1n) is 6.88. The summed E-state index contributed by atoms with van der Waals surface area (Å²) in [5.41, 5.74) is 7.14. The molecular formula is C15H23N3O. The van der Waals surface area contributed by atoms with Crippen molar-refractivity contribution in [2.24, 2.45) is 11.8 Å². The van der Waals surface area contributed by atoms with Gasteiger partial charge in [0.15, 0.2) is 0 Å². The Morgan fingerprint density at radius 1 is 1.32 bits per heavy atom. The monoisotopic (exact) mass is 261 g/mol. The summed E-state index contributed by atoms with van der Waals surface area (Å²) in [6, 6.07) is 7.23. The van der Waals surface area contributed by atoms with E-state index in [0.717, 1.165) is 13.1 Å². The minimum absolute atomic E-state index is 0.0131. The van der Waals surface area contributed by atoms with Gasteiger partial charge in [0.2, 0.25) is 5.91 Å². The van der Waals surface area contributed by atoms with Crippen LogP contribution < -0.4 is 11.1 Å². The Balaban J connectivity index is 1.99. The van der Waals surface area contributed by atoms with E-state index in [1.807, 2.05) is 25.1 Å². The van der Waals surface area contributed by atoms with Crippen molar-refractivity contribution in [2.45, 2.75) is 26.8 Å². The summed E-state index contributed by atoms with van der Waals surface area (Å²) < 4.78 is 0. The van der Waals surface area contributed by atoms with Crippen LogP contribution in [0, 0.1) is 11.8 Å². The molecule has 19 heavy (non-hydrogen) atoms. The summed E-state index contributed by atoms with van der Waals surface area (Å²) in [6.45, 7) is 8.41. The van der Waals surface area contributed by atoms with Crippen molar-refractivity contribution in [3.05, 3.63) is 24.3 Å². The summed E-state index contributed by atoms with van der Waals surface area (Å²) in [7, 11) is 0. The molecule has 0 radical (unpaired) electrons. The third-order valence-electron chi connectivity index (χ3n) is 4.16. The van der Waals surface area contributed by atoms with E-state index < -0.39 is 0 Å². The summed E-state index contributed by atoms with van der Waals surface area (Å²) >= 11 is 0. The number of carbonyl (C=O) groups excluding carboxylic acids is 1. The van der Waals surface area contributed by atoms with E-state index in [-0.39, 0.29) is 11.9 Å². The highest BCUT2D eigenvalue weighted by atomic mass is 16.2. The number of nitrogens with two attached hydrogens (primary N) is 1. The maximum absolute atomic E-state index is 12.3. The highest BCUT2D eigenvalue weighted by molar-refractivity contribution is 5.97. The van der Waals surface area contributed by atoms with Crippen molar-refractivity contribution >= 4 is 17.3 Å². The largest absolute Gasteiger partial charge is 0.397 e. The second-order valence-electron chi connectivity index (χ2n) is 5.66. The number of likely N-dealkylation sites (tertiary alicyclic amines) is 1. The Hall–Kier alpha value is -1.55. The molecule has 104 valence electrons. The van der Waals surface area contributed by atoms with Gasteiger partial charge in [-0.3, -0.25) is 9.69 Å². The van der Waals surface area contributed by atoms with Crippen molar-refractivity contribution < 1.29 is 4.79 Å².